The number of allylic oxidation sites excluding steroid dienone is 1. The minimum absolute atomic E-state index is 0.0208. The van der Waals surface area contributed by atoms with Crippen LogP contribution in [0.4, 0.5) is 0 Å². The first kappa shape index (κ1) is 39.3. The third-order valence-electron chi connectivity index (χ3n) is 16.1. The van der Waals surface area contributed by atoms with Crippen molar-refractivity contribution in [1.82, 2.24) is 5.43 Å². The smallest absolute Gasteiger partial charge is 0.311 e. The van der Waals surface area contributed by atoms with E-state index in [9.17, 15) is 19.5 Å². The molecule has 0 aliphatic heterocycles. The Morgan fingerprint density at radius 3 is 2.25 bits per heavy atom. The third kappa shape index (κ3) is 6.64. The Kier molecular flexibility index (Phi) is 10.6. The summed E-state index contributed by atoms with van der Waals surface area (Å²) in [6.07, 6.45) is 11.7. The van der Waals surface area contributed by atoms with Crippen molar-refractivity contribution in [1.29, 1.82) is 0 Å². The summed E-state index contributed by atoms with van der Waals surface area (Å²) in [4.78, 5) is 37.4. The van der Waals surface area contributed by atoms with Gasteiger partial charge in [-0.25, -0.2) is 0 Å². The molecule has 0 aromatic carbocycles. The molecule has 286 valence electrons. The van der Waals surface area contributed by atoms with E-state index in [1.54, 1.807) is 13.8 Å². The first-order valence-corrected chi connectivity index (χ1v) is 19.5. The van der Waals surface area contributed by atoms with E-state index in [0.717, 1.165) is 51.4 Å². The normalized spacial score (nSPS) is 39.8. The molecular weight excluding hydrogens is 644 g/mol. The van der Waals surface area contributed by atoms with Gasteiger partial charge in [-0.05, 0) is 143 Å². The van der Waals surface area contributed by atoms with Gasteiger partial charge in [0.2, 0.25) is 0 Å². The second kappa shape index (κ2) is 13.8. The van der Waals surface area contributed by atoms with Crippen LogP contribution in [0.25, 0.3) is 0 Å². The van der Waals surface area contributed by atoms with Crippen LogP contribution < -0.4 is 11.3 Å². The zero-order chi connectivity index (χ0) is 37.8. The summed E-state index contributed by atoms with van der Waals surface area (Å²) in [5.41, 5.74) is 3.52. The van der Waals surface area contributed by atoms with E-state index in [-0.39, 0.29) is 52.0 Å². The number of rotatable bonds is 12. The van der Waals surface area contributed by atoms with E-state index >= 15 is 0 Å². The zero-order valence-electron chi connectivity index (χ0n) is 32.7. The van der Waals surface area contributed by atoms with Gasteiger partial charge in [0.05, 0.1) is 24.9 Å². The Morgan fingerprint density at radius 1 is 0.902 bits per heavy atom. The van der Waals surface area contributed by atoms with Gasteiger partial charge in [-0.3, -0.25) is 19.8 Å². The van der Waals surface area contributed by atoms with Crippen LogP contribution in [0.15, 0.2) is 34.9 Å². The average Bonchev–Trinajstić information content (AvgIpc) is 3.41. The number of aliphatic carboxylic acids is 1. The van der Waals surface area contributed by atoms with Crippen molar-refractivity contribution in [2.45, 2.75) is 145 Å². The van der Waals surface area contributed by atoms with Crippen LogP contribution in [0.1, 0.15) is 139 Å². The Bertz CT molecular complexity index is 1440. The second-order valence-corrected chi connectivity index (χ2v) is 19.3. The molecule has 10 heteroatoms. The summed E-state index contributed by atoms with van der Waals surface area (Å²) in [6, 6.07) is 0. The number of esters is 2. The Hall–Kier alpha value is -2.91. The highest BCUT2D eigenvalue weighted by atomic mass is 16.5. The van der Waals surface area contributed by atoms with Gasteiger partial charge in [0.15, 0.2) is 0 Å². The van der Waals surface area contributed by atoms with E-state index < -0.39 is 17.4 Å². The van der Waals surface area contributed by atoms with Crippen molar-refractivity contribution in [3.05, 3.63) is 24.4 Å². The molecule has 4 N–H and O–H groups in total. The summed E-state index contributed by atoms with van der Waals surface area (Å²) in [5.74, 6) is 5.92. The summed E-state index contributed by atoms with van der Waals surface area (Å²) in [6.45, 7) is 26.5. The summed E-state index contributed by atoms with van der Waals surface area (Å²) in [7, 11) is 0. The number of fused-ring (bicyclic) bond motifs is 7. The monoisotopic (exact) mass is 710 g/mol. The van der Waals surface area contributed by atoms with Crippen molar-refractivity contribution in [2.24, 2.45) is 78.4 Å². The first-order chi connectivity index (χ1) is 23.7. The lowest BCUT2D eigenvalue weighted by Crippen LogP contribution is -2.66. The van der Waals surface area contributed by atoms with Gasteiger partial charge in [-0.1, -0.05) is 63.8 Å². The molecule has 10 nitrogen and oxygen atoms in total. The van der Waals surface area contributed by atoms with E-state index in [1.807, 2.05) is 0 Å². The highest BCUT2D eigenvalue weighted by molar-refractivity contribution is 5.81. The van der Waals surface area contributed by atoms with Crippen molar-refractivity contribution in [2.75, 3.05) is 6.61 Å². The maximum atomic E-state index is 13.1. The van der Waals surface area contributed by atoms with Crippen molar-refractivity contribution < 1.29 is 29.0 Å². The molecule has 5 aliphatic rings. The molecule has 5 saturated carbocycles. The topological polar surface area (TPSA) is 153 Å². The molecule has 5 fully saturated rings. The molecule has 0 saturated heterocycles. The summed E-state index contributed by atoms with van der Waals surface area (Å²) in [5, 5.41) is 16.2. The highest BCUT2D eigenvalue weighted by Gasteiger charge is 2.71. The fraction of sp³-hybridized carbons (Fsp3) is 0.829. The molecule has 0 bridgehead atoms. The number of ether oxygens (including phenoxy) is 2. The lowest BCUT2D eigenvalue weighted by atomic mass is 9.32. The largest absolute Gasteiger partial charge is 0.481 e. The lowest BCUT2D eigenvalue weighted by molar-refractivity contribution is -0.251. The van der Waals surface area contributed by atoms with Gasteiger partial charge in [-0.15, -0.1) is 0 Å². The molecule has 10 atom stereocenters. The number of carboxylic acids is 1. The fourth-order valence-corrected chi connectivity index (χ4v) is 13.3. The van der Waals surface area contributed by atoms with Crippen LogP contribution in [0.5, 0.6) is 0 Å². The Balaban J connectivity index is 1.34. The quantitative estimate of drug-likeness (QED) is 0.0598. The molecule has 0 unspecified atom stereocenters. The number of nitrogens with one attached hydrogen (secondary N) is 1. The number of hydrogen-bond donors (Lipinski definition) is 3. The van der Waals surface area contributed by atoms with Gasteiger partial charge >= 0.3 is 17.9 Å². The van der Waals surface area contributed by atoms with Crippen LogP contribution in [0.3, 0.4) is 0 Å². The first-order valence-electron chi connectivity index (χ1n) is 19.5. The molecule has 5 aliphatic carbocycles. The SMILES string of the molecule is C=C(CC(=O)OCC[C@]12CC[C@@H](C(=C)C)[C@@H]1[C@H]1CC[C@@H]3[C@@]4(C)CC[C@H](OC(=O)CC(C)(C)C(=O)O)C(C)(C)[C@@H]4CC[C@@]3(C)[C@]1(C)CC2)N/N=N\N. The van der Waals surface area contributed by atoms with Gasteiger partial charge in [-0.2, -0.15) is 0 Å². The molecule has 0 amide bonds. The third-order valence-corrected chi connectivity index (χ3v) is 16.1. The average molecular weight is 711 g/mol. The number of carboxylic acid groups (broad SMARTS) is 1. The molecule has 0 aromatic heterocycles. The predicted octanol–water partition coefficient (Wildman–Crippen LogP) is 8.72. The van der Waals surface area contributed by atoms with Crippen LogP contribution >= 0.6 is 0 Å². The summed E-state index contributed by atoms with van der Waals surface area (Å²) >= 11 is 0. The molecule has 5 rings (SSSR count). The van der Waals surface area contributed by atoms with Crippen LogP contribution in [0.2, 0.25) is 0 Å². The number of nitrogens with zero attached hydrogens (tertiary/aromatic N) is 2. The van der Waals surface area contributed by atoms with Crippen LogP contribution in [0, 0.1) is 62.1 Å². The van der Waals surface area contributed by atoms with E-state index in [1.165, 1.54) is 24.8 Å². The van der Waals surface area contributed by atoms with E-state index in [4.69, 9.17) is 15.3 Å². The fourth-order valence-electron chi connectivity index (χ4n) is 13.3. The van der Waals surface area contributed by atoms with Gasteiger partial charge in [0, 0.05) is 11.1 Å². The molecule has 0 heterocycles. The van der Waals surface area contributed by atoms with Gasteiger partial charge < -0.3 is 20.4 Å². The standard InChI is InChI=1S/C41H66N4O6/c1-25(2)27-13-18-41(21-22-50-32(46)23-26(3)43-45-44-42)20-19-39(9)28(34(27)41)11-12-30-38(8)16-15-31(51-33(47)24-36(4,5)35(48)49)37(6,7)29(38)14-17-40(30,39)10/h27-31,34H,1,3,11-24H2,2,4-10H3,(H2,42,45)(H,43,44)(H,48,49)/t27-,28+,29-,30+,31-,34+,38-,39+,40+,41+/m0/s1. The second-order valence-electron chi connectivity index (χ2n) is 19.3. The maximum Gasteiger partial charge on any atom is 0.311 e. The van der Waals surface area contributed by atoms with Crippen molar-refractivity contribution in [3.8, 4) is 0 Å². The number of hydrogen-bond acceptors (Lipinski definition) is 7. The van der Waals surface area contributed by atoms with Crippen LogP contribution in [-0.2, 0) is 23.9 Å². The minimum Gasteiger partial charge on any atom is -0.481 e. The number of carbonyl (C=O) groups is 3. The Morgan fingerprint density at radius 2 is 1.61 bits per heavy atom. The van der Waals surface area contributed by atoms with Gasteiger partial charge in [0.1, 0.15) is 6.10 Å². The maximum absolute atomic E-state index is 13.1. The lowest BCUT2D eigenvalue weighted by Gasteiger charge is -2.73. The highest BCUT2D eigenvalue weighted by Crippen LogP contribution is 2.78. The molecule has 51 heavy (non-hydrogen) atoms. The van der Waals surface area contributed by atoms with Gasteiger partial charge in [0.25, 0.3) is 0 Å². The molecular formula is C41H66N4O6. The van der Waals surface area contributed by atoms with E-state index in [0.29, 0.717) is 41.9 Å². The van der Waals surface area contributed by atoms with E-state index in [2.05, 4.69) is 70.6 Å². The van der Waals surface area contributed by atoms with Crippen molar-refractivity contribution >= 4 is 17.9 Å². The minimum atomic E-state index is -1.15. The Labute approximate surface area is 306 Å². The molecule has 0 aromatic rings. The number of nitrogens with two attached hydrogens (primary N) is 1. The predicted molar refractivity (Wildman–Crippen MR) is 196 cm³/mol. The zero-order valence-corrected chi connectivity index (χ0v) is 32.7. The summed E-state index contributed by atoms with van der Waals surface area (Å²) < 4.78 is 12.0. The van der Waals surface area contributed by atoms with Crippen molar-refractivity contribution in [3.63, 3.8) is 0 Å². The number of carbonyl (C=O) groups excluding carboxylic acids is 2. The molecule has 0 spiro atoms. The molecule has 0 radical (unpaired) electrons. The van der Waals surface area contributed by atoms with Crippen LogP contribution in [-0.4, -0.2) is 35.7 Å².